The molecule has 0 aliphatic carbocycles. The molecule has 0 bridgehead atoms. The van der Waals surface area contributed by atoms with Crippen LogP contribution in [0.2, 0.25) is 0 Å². The Bertz CT molecular complexity index is 541. The van der Waals surface area contributed by atoms with Crippen LogP contribution < -0.4 is 5.73 Å². The number of aromatic nitrogens is 2. The lowest BCUT2D eigenvalue weighted by atomic mass is 9.89. The molecule has 0 aliphatic heterocycles. The fourth-order valence-electron chi connectivity index (χ4n) is 2.06. The molecular weight excluding hydrogens is 268 g/mol. The summed E-state index contributed by atoms with van der Waals surface area (Å²) in [6, 6.07) is 2.26. The van der Waals surface area contributed by atoms with E-state index >= 15 is 0 Å². The van der Waals surface area contributed by atoms with Crippen molar-refractivity contribution in [2.24, 2.45) is 12.5 Å². The van der Waals surface area contributed by atoms with Gasteiger partial charge in [-0.1, -0.05) is 6.92 Å². The molecule has 6 nitrogen and oxygen atoms in total. The second-order valence-corrected chi connectivity index (χ2v) is 5.77. The minimum absolute atomic E-state index is 0.309. The van der Waals surface area contributed by atoms with Crippen LogP contribution in [0.4, 0.5) is 5.69 Å². The summed E-state index contributed by atoms with van der Waals surface area (Å²) < 4.78 is 6.70. The van der Waals surface area contributed by atoms with E-state index in [4.69, 9.17) is 15.7 Å². The molecule has 0 atom stereocenters. The first kappa shape index (κ1) is 17.0. The summed E-state index contributed by atoms with van der Waals surface area (Å²) in [4.78, 5) is 12.0. The molecule has 6 heteroatoms. The number of carbonyl (C=O) groups is 1. The maximum Gasteiger partial charge on any atom is 0.358 e. The molecule has 0 aromatic carbocycles. The minimum atomic E-state index is -0.443. The van der Waals surface area contributed by atoms with E-state index in [1.54, 1.807) is 7.05 Å². The van der Waals surface area contributed by atoms with Gasteiger partial charge in [-0.05, 0) is 39.5 Å². The number of hydrogen-bond acceptors (Lipinski definition) is 5. The highest BCUT2D eigenvalue weighted by molar-refractivity contribution is 5.93. The number of rotatable bonds is 7. The predicted molar refractivity (Wildman–Crippen MR) is 80.5 cm³/mol. The predicted octanol–water partition coefficient (Wildman–Crippen LogP) is 2.44. The number of nitriles is 1. The number of nitrogen functional groups attached to an aromatic ring is 1. The second-order valence-electron chi connectivity index (χ2n) is 5.77. The van der Waals surface area contributed by atoms with Crippen molar-refractivity contribution in [3.63, 3.8) is 0 Å². The third kappa shape index (κ3) is 4.48. The molecule has 1 heterocycles. The van der Waals surface area contributed by atoms with Gasteiger partial charge in [-0.2, -0.15) is 10.4 Å². The van der Waals surface area contributed by atoms with Gasteiger partial charge >= 0.3 is 5.97 Å². The van der Waals surface area contributed by atoms with Crippen LogP contribution in [0.25, 0.3) is 0 Å². The summed E-state index contributed by atoms with van der Waals surface area (Å²) in [5, 5.41) is 13.1. The van der Waals surface area contributed by atoms with Gasteiger partial charge in [-0.3, -0.25) is 4.68 Å². The van der Waals surface area contributed by atoms with Crippen molar-refractivity contribution in [2.75, 3.05) is 12.3 Å². The molecule has 21 heavy (non-hydrogen) atoms. The van der Waals surface area contributed by atoms with E-state index < -0.39 is 5.97 Å². The lowest BCUT2D eigenvalue weighted by molar-refractivity contribution is 0.0485. The highest BCUT2D eigenvalue weighted by atomic mass is 16.5. The second kappa shape index (κ2) is 7.11. The van der Waals surface area contributed by atoms with Crippen LogP contribution in [0.15, 0.2) is 0 Å². The van der Waals surface area contributed by atoms with Crippen molar-refractivity contribution in [1.82, 2.24) is 9.78 Å². The third-order valence-electron chi connectivity index (χ3n) is 3.42. The molecule has 0 saturated carbocycles. The van der Waals surface area contributed by atoms with Gasteiger partial charge in [-0.25, -0.2) is 4.79 Å². The summed E-state index contributed by atoms with van der Waals surface area (Å²) in [6.07, 6.45) is 3.04. The fraction of sp³-hybridized carbons (Fsp3) is 0.667. The average molecular weight is 292 g/mol. The number of anilines is 1. The van der Waals surface area contributed by atoms with Gasteiger partial charge in [0.1, 0.15) is 0 Å². The van der Waals surface area contributed by atoms with E-state index in [0.29, 0.717) is 30.1 Å². The average Bonchev–Trinajstić information content (AvgIpc) is 2.72. The van der Waals surface area contributed by atoms with Crippen LogP contribution in [-0.4, -0.2) is 22.4 Å². The Balaban J connectivity index is 2.45. The molecule has 1 rings (SSSR count). The molecule has 1 aromatic rings. The first-order valence-electron chi connectivity index (χ1n) is 7.22. The zero-order valence-corrected chi connectivity index (χ0v) is 13.3. The number of aryl methyl sites for hydroxylation is 2. The van der Waals surface area contributed by atoms with Crippen LogP contribution >= 0.6 is 0 Å². The molecule has 0 radical (unpaired) electrons. The number of hydrogen-bond donors (Lipinski definition) is 1. The van der Waals surface area contributed by atoms with E-state index in [9.17, 15) is 4.79 Å². The quantitative estimate of drug-likeness (QED) is 0.615. The van der Waals surface area contributed by atoms with E-state index in [0.717, 1.165) is 19.3 Å². The van der Waals surface area contributed by atoms with E-state index in [1.165, 1.54) is 4.68 Å². The standard InChI is InChI=1S/C15H24N4O2/c1-5-11-12(17)13(19(4)18-11)14(20)21-9-7-6-8-15(2,3)10-16/h5-9,17H2,1-4H3. The maximum atomic E-state index is 12.0. The normalized spacial score (nSPS) is 11.2. The Kier molecular flexibility index (Phi) is 5.77. The van der Waals surface area contributed by atoms with Crippen LogP contribution in [0.3, 0.4) is 0 Å². The van der Waals surface area contributed by atoms with Crippen molar-refractivity contribution >= 4 is 11.7 Å². The first-order chi connectivity index (χ1) is 9.82. The highest BCUT2D eigenvalue weighted by Gasteiger charge is 2.20. The minimum Gasteiger partial charge on any atom is -0.461 e. The Hall–Kier alpha value is -2.03. The largest absolute Gasteiger partial charge is 0.461 e. The number of nitrogens with zero attached hydrogens (tertiary/aromatic N) is 3. The number of ether oxygens (including phenoxy) is 1. The molecule has 0 unspecified atom stereocenters. The molecular formula is C15H24N4O2. The van der Waals surface area contributed by atoms with Gasteiger partial charge in [0, 0.05) is 7.05 Å². The molecule has 2 N–H and O–H groups in total. The van der Waals surface area contributed by atoms with Crippen LogP contribution in [0.5, 0.6) is 0 Å². The van der Waals surface area contributed by atoms with Gasteiger partial charge in [0.05, 0.1) is 29.5 Å². The monoisotopic (exact) mass is 292 g/mol. The van der Waals surface area contributed by atoms with Crippen molar-refractivity contribution in [1.29, 1.82) is 5.26 Å². The molecule has 0 amide bonds. The summed E-state index contributed by atoms with van der Waals surface area (Å²) in [5.74, 6) is -0.443. The summed E-state index contributed by atoms with van der Waals surface area (Å²) in [5.41, 5.74) is 6.99. The van der Waals surface area contributed by atoms with Gasteiger partial charge in [0.2, 0.25) is 0 Å². The Morgan fingerprint density at radius 2 is 2.14 bits per heavy atom. The number of carbonyl (C=O) groups excluding carboxylic acids is 1. The van der Waals surface area contributed by atoms with Gasteiger partial charge in [0.15, 0.2) is 5.69 Å². The van der Waals surface area contributed by atoms with E-state index in [1.807, 2.05) is 20.8 Å². The topological polar surface area (TPSA) is 93.9 Å². The lowest BCUT2D eigenvalue weighted by Gasteiger charge is -2.14. The van der Waals surface area contributed by atoms with Crippen LogP contribution in [0, 0.1) is 16.7 Å². The molecule has 1 aromatic heterocycles. The van der Waals surface area contributed by atoms with Crippen molar-refractivity contribution in [2.45, 2.75) is 46.5 Å². The summed E-state index contributed by atoms with van der Waals surface area (Å²) in [6.45, 7) is 6.07. The molecule has 0 fully saturated rings. The van der Waals surface area contributed by atoms with Gasteiger partial charge in [0.25, 0.3) is 0 Å². The number of esters is 1. The van der Waals surface area contributed by atoms with Crippen molar-refractivity contribution < 1.29 is 9.53 Å². The molecule has 0 spiro atoms. The van der Waals surface area contributed by atoms with Crippen molar-refractivity contribution in [3.8, 4) is 6.07 Å². The SMILES string of the molecule is CCc1nn(C)c(C(=O)OCCCCC(C)(C)C#N)c1N. The van der Waals surface area contributed by atoms with E-state index in [2.05, 4.69) is 11.2 Å². The van der Waals surface area contributed by atoms with Gasteiger partial charge < -0.3 is 10.5 Å². The number of nitrogens with two attached hydrogens (primary N) is 1. The third-order valence-corrected chi connectivity index (χ3v) is 3.42. The summed E-state index contributed by atoms with van der Waals surface area (Å²) >= 11 is 0. The number of unbranched alkanes of at least 4 members (excludes halogenated alkanes) is 1. The molecule has 116 valence electrons. The smallest absolute Gasteiger partial charge is 0.358 e. The Morgan fingerprint density at radius 1 is 1.48 bits per heavy atom. The van der Waals surface area contributed by atoms with E-state index in [-0.39, 0.29) is 5.41 Å². The van der Waals surface area contributed by atoms with Gasteiger partial charge in [-0.15, -0.1) is 0 Å². The van der Waals surface area contributed by atoms with Crippen molar-refractivity contribution in [3.05, 3.63) is 11.4 Å². The highest BCUT2D eigenvalue weighted by Crippen LogP contribution is 2.22. The molecule has 0 aliphatic rings. The molecule has 0 saturated heterocycles. The van der Waals surface area contributed by atoms with Crippen LogP contribution in [0.1, 0.15) is 56.2 Å². The van der Waals surface area contributed by atoms with Crippen LogP contribution in [-0.2, 0) is 18.2 Å². The first-order valence-corrected chi connectivity index (χ1v) is 7.22. The fourth-order valence-corrected chi connectivity index (χ4v) is 2.06. The zero-order valence-electron chi connectivity index (χ0n) is 13.3. The maximum absolute atomic E-state index is 12.0. The zero-order chi connectivity index (χ0) is 16.0. The lowest BCUT2D eigenvalue weighted by Crippen LogP contribution is -2.14. The Labute approximate surface area is 125 Å². The Morgan fingerprint density at radius 3 is 2.67 bits per heavy atom. The summed E-state index contributed by atoms with van der Waals surface area (Å²) in [7, 11) is 1.68.